The number of hydrogen-bond donors (Lipinski definition) is 0. The monoisotopic (exact) mass is 306 g/mol. The van der Waals surface area contributed by atoms with Crippen LogP contribution in [0.5, 0.6) is 0 Å². The van der Waals surface area contributed by atoms with Crippen LogP contribution < -0.4 is 0 Å². The molecule has 0 unspecified atom stereocenters. The lowest BCUT2D eigenvalue weighted by Gasteiger charge is -2.34. The van der Waals surface area contributed by atoms with Crippen molar-refractivity contribution in [3.63, 3.8) is 0 Å². The summed E-state index contributed by atoms with van der Waals surface area (Å²) in [5.74, 6) is 0.726. The van der Waals surface area contributed by atoms with Crippen molar-refractivity contribution in [1.82, 2.24) is 9.80 Å². The van der Waals surface area contributed by atoms with Crippen molar-refractivity contribution in [2.45, 2.75) is 25.8 Å². The highest BCUT2D eigenvalue weighted by molar-refractivity contribution is 5.16. The third kappa shape index (κ3) is 4.77. The van der Waals surface area contributed by atoms with Gasteiger partial charge in [-0.25, -0.2) is 4.39 Å². The fourth-order valence-corrected chi connectivity index (χ4v) is 3.52. The van der Waals surface area contributed by atoms with Crippen molar-refractivity contribution in [2.75, 3.05) is 45.9 Å². The quantitative estimate of drug-likeness (QED) is 0.832. The molecule has 0 spiro atoms. The molecule has 122 valence electrons. The first-order valence-electron chi connectivity index (χ1n) is 8.56. The molecule has 2 saturated heterocycles. The first-order chi connectivity index (χ1) is 10.8. The molecule has 0 saturated carbocycles. The molecule has 0 aliphatic carbocycles. The summed E-state index contributed by atoms with van der Waals surface area (Å²) in [5, 5.41) is 0. The van der Waals surface area contributed by atoms with E-state index in [2.05, 4.69) is 9.80 Å². The molecule has 0 atom stereocenters. The van der Waals surface area contributed by atoms with E-state index < -0.39 is 0 Å². The van der Waals surface area contributed by atoms with E-state index in [1.165, 1.54) is 31.9 Å². The Bertz CT molecular complexity index is 454. The van der Waals surface area contributed by atoms with E-state index in [9.17, 15) is 4.39 Å². The van der Waals surface area contributed by atoms with Gasteiger partial charge in [0.25, 0.3) is 0 Å². The van der Waals surface area contributed by atoms with Gasteiger partial charge in [0.1, 0.15) is 5.82 Å². The summed E-state index contributed by atoms with van der Waals surface area (Å²) in [6.07, 6.45) is 3.87. The Kier molecular flexibility index (Phi) is 5.82. The van der Waals surface area contributed by atoms with Crippen LogP contribution in [0.4, 0.5) is 4.39 Å². The first-order valence-corrected chi connectivity index (χ1v) is 8.56. The highest BCUT2D eigenvalue weighted by Crippen LogP contribution is 2.22. The van der Waals surface area contributed by atoms with Crippen molar-refractivity contribution in [2.24, 2.45) is 5.92 Å². The lowest BCUT2D eigenvalue weighted by atomic mass is 9.93. The van der Waals surface area contributed by atoms with Crippen molar-refractivity contribution in [3.8, 4) is 0 Å². The molecule has 22 heavy (non-hydrogen) atoms. The van der Waals surface area contributed by atoms with E-state index in [1.807, 2.05) is 6.07 Å². The van der Waals surface area contributed by atoms with Crippen LogP contribution in [0, 0.1) is 11.7 Å². The molecule has 3 rings (SSSR count). The maximum Gasteiger partial charge on any atom is 0.123 e. The highest BCUT2D eigenvalue weighted by Gasteiger charge is 2.20. The minimum absolute atomic E-state index is 0.127. The van der Waals surface area contributed by atoms with Crippen LogP contribution in [-0.4, -0.2) is 55.7 Å². The van der Waals surface area contributed by atoms with Crippen LogP contribution in [0.25, 0.3) is 0 Å². The largest absolute Gasteiger partial charge is 0.379 e. The number of ether oxygens (including phenoxy) is 1. The van der Waals surface area contributed by atoms with Gasteiger partial charge in [0.2, 0.25) is 0 Å². The summed E-state index contributed by atoms with van der Waals surface area (Å²) in [7, 11) is 0. The van der Waals surface area contributed by atoms with Crippen LogP contribution in [0.15, 0.2) is 24.3 Å². The number of piperidine rings is 1. The van der Waals surface area contributed by atoms with Gasteiger partial charge in [-0.05, 0) is 62.5 Å². The maximum atomic E-state index is 13.2. The summed E-state index contributed by atoms with van der Waals surface area (Å²) in [5.41, 5.74) is 1.09. The zero-order chi connectivity index (χ0) is 15.2. The summed E-state index contributed by atoms with van der Waals surface area (Å²) in [6, 6.07) is 7.00. The maximum absolute atomic E-state index is 13.2. The summed E-state index contributed by atoms with van der Waals surface area (Å²) in [6.45, 7) is 8.37. The summed E-state index contributed by atoms with van der Waals surface area (Å²) in [4.78, 5) is 4.99. The fourth-order valence-electron chi connectivity index (χ4n) is 3.52. The Hall–Kier alpha value is -0.970. The Morgan fingerprint density at radius 1 is 1.05 bits per heavy atom. The predicted molar refractivity (Wildman–Crippen MR) is 86.3 cm³/mol. The second-order valence-corrected chi connectivity index (χ2v) is 6.59. The molecule has 2 fully saturated rings. The molecule has 4 heteroatoms. The van der Waals surface area contributed by atoms with Gasteiger partial charge in [0, 0.05) is 19.6 Å². The number of hydrogen-bond acceptors (Lipinski definition) is 3. The van der Waals surface area contributed by atoms with Crippen molar-refractivity contribution in [1.29, 1.82) is 0 Å². The summed E-state index contributed by atoms with van der Waals surface area (Å²) >= 11 is 0. The van der Waals surface area contributed by atoms with Crippen LogP contribution >= 0.6 is 0 Å². The first kappa shape index (κ1) is 15.9. The molecule has 1 aromatic rings. The lowest BCUT2D eigenvalue weighted by Crippen LogP contribution is -2.39. The molecule has 2 heterocycles. The van der Waals surface area contributed by atoms with Crippen molar-refractivity contribution >= 4 is 0 Å². The number of halogens is 1. The zero-order valence-electron chi connectivity index (χ0n) is 13.3. The van der Waals surface area contributed by atoms with Gasteiger partial charge in [-0.15, -0.1) is 0 Å². The minimum atomic E-state index is -0.127. The van der Waals surface area contributed by atoms with Gasteiger partial charge in [0.05, 0.1) is 13.2 Å². The summed E-state index contributed by atoms with van der Waals surface area (Å²) < 4.78 is 18.6. The van der Waals surface area contributed by atoms with Crippen LogP contribution in [0.1, 0.15) is 24.8 Å². The van der Waals surface area contributed by atoms with Gasteiger partial charge in [-0.2, -0.15) is 0 Å². The van der Waals surface area contributed by atoms with Gasteiger partial charge < -0.3 is 4.74 Å². The lowest BCUT2D eigenvalue weighted by molar-refractivity contribution is 0.0334. The highest BCUT2D eigenvalue weighted by atomic mass is 19.1. The molecular weight excluding hydrogens is 279 g/mol. The number of morpholine rings is 1. The van der Waals surface area contributed by atoms with E-state index >= 15 is 0 Å². The molecule has 2 aliphatic heterocycles. The van der Waals surface area contributed by atoms with Gasteiger partial charge in [-0.3, -0.25) is 9.80 Å². The molecule has 2 aliphatic rings. The van der Waals surface area contributed by atoms with Gasteiger partial charge in [-0.1, -0.05) is 12.1 Å². The second kappa shape index (κ2) is 8.04. The third-order valence-electron chi connectivity index (χ3n) is 4.96. The molecule has 0 radical (unpaired) electrons. The Labute approximate surface area is 133 Å². The van der Waals surface area contributed by atoms with Crippen LogP contribution in [0.3, 0.4) is 0 Å². The second-order valence-electron chi connectivity index (χ2n) is 6.59. The smallest absolute Gasteiger partial charge is 0.123 e. The number of likely N-dealkylation sites (tertiary alicyclic amines) is 1. The van der Waals surface area contributed by atoms with E-state index in [-0.39, 0.29) is 5.82 Å². The van der Waals surface area contributed by atoms with E-state index in [4.69, 9.17) is 4.74 Å². The van der Waals surface area contributed by atoms with Crippen LogP contribution in [-0.2, 0) is 11.3 Å². The van der Waals surface area contributed by atoms with Crippen LogP contribution in [0.2, 0.25) is 0 Å². The molecule has 0 aromatic heterocycles. The van der Waals surface area contributed by atoms with Crippen molar-refractivity contribution in [3.05, 3.63) is 35.6 Å². The van der Waals surface area contributed by atoms with E-state index in [1.54, 1.807) is 12.1 Å². The molecule has 3 nitrogen and oxygen atoms in total. The standard InChI is InChI=1S/C18H27FN2O/c19-18-3-1-2-17(14-18)15-21-8-5-16(6-9-21)4-7-20-10-12-22-13-11-20/h1-3,14,16H,4-13,15H2. The topological polar surface area (TPSA) is 15.7 Å². The average molecular weight is 306 g/mol. The van der Waals surface area contributed by atoms with Gasteiger partial charge in [0.15, 0.2) is 0 Å². The Morgan fingerprint density at radius 2 is 1.82 bits per heavy atom. The van der Waals surface area contributed by atoms with E-state index in [0.29, 0.717) is 0 Å². The van der Waals surface area contributed by atoms with E-state index in [0.717, 1.165) is 57.4 Å². The minimum Gasteiger partial charge on any atom is -0.379 e. The normalized spacial score (nSPS) is 22.0. The predicted octanol–water partition coefficient (Wildman–Crippen LogP) is 2.76. The van der Waals surface area contributed by atoms with Crippen molar-refractivity contribution < 1.29 is 9.13 Å². The molecule has 0 amide bonds. The Balaban J connectivity index is 1.37. The molecule has 0 N–H and O–H groups in total. The Morgan fingerprint density at radius 3 is 2.55 bits per heavy atom. The zero-order valence-corrected chi connectivity index (χ0v) is 13.3. The molecular formula is C18H27FN2O. The van der Waals surface area contributed by atoms with Gasteiger partial charge >= 0.3 is 0 Å². The number of nitrogens with zero attached hydrogens (tertiary/aromatic N) is 2. The number of benzene rings is 1. The number of rotatable bonds is 5. The molecule has 1 aromatic carbocycles. The fraction of sp³-hybridized carbons (Fsp3) is 0.667. The third-order valence-corrected chi connectivity index (χ3v) is 4.96. The molecule has 0 bridgehead atoms. The SMILES string of the molecule is Fc1cccc(CN2CCC(CCN3CCOCC3)CC2)c1. The average Bonchev–Trinajstić information content (AvgIpc) is 2.55.